The number of nitrogens with zero attached hydrogens (tertiary/aromatic N) is 6. The largest absolute Gasteiger partial charge is 0.453 e. The summed E-state index contributed by atoms with van der Waals surface area (Å²) < 4.78 is 42.1. The van der Waals surface area contributed by atoms with Crippen LogP contribution in [-0.2, 0) is 12.7 Å². The Morgan fingerprint density at radius 3 is 2.64 bits per heavy atom. The fourth-order valence-corrected chi connectivity index (χ4v) is 2.70. The molecule has 0 saturated heterocycles. The Hall–Kier alpha value is -2.69. The van der Waals surface area contributed by atoms with E-state index in [0.29, 0.717) is 11.1 Å². The lowest BCUT2D eigenvalue weighted by Gasteiger charge is -2.06. The lowest BCUT2D eigenvalue weighted by molar-refractivity contribution is -0.146. The number of alkyl halides is 3. The molecule has 0 radical (unpaired) electrons. The minimum atomic E-state index is -4.62. The first-order chi connectivity index (χ1) is 11.9. The van der Waals surface area contributed by atoms with Crippen molar-refractivity contribution in [3.05, 3.63) is 52.7 Å². The predicted octanol–water partition coefficient (Wildman–Crippen LogP) is 3.17. The van der Waals surface area contributed by atoms with Crippen LogP contribution in [0.25, 0.3) is 11.3 Å². The fourth-order valence-electron chi connectivity index (χ4n) is 2.34. The second kappa shape index (κ2) is 5.69. The molecule has 128 valence electrons. The number of halogens is 4. The summed E-state index contributed by atoms with van der Waals surface area (Å²) in [5.41, 5.74) is 1.51. The predicted molar refractivity (Wildman–Crippen MR) is 86.0 cm³/mol. The van der Waals surface area contributed by atoms with Crippen molar-refractivity contribution < 1.29 is 13.2 Å². The fraction of sp³-hybridized carbons (Fsp3) is 0.143. The van der Waals surface area contributed by atoms with Crippen LogP contribution in [0.3, 0.4) is 0 Å². The van der Waals surface area contributed by atoms with Crippen LogP contribution in [0, 0.1) is 0 Å². The molecule has 0 bridgehead atoms. The molecule has 0 spiro atoms. The zero-order valence-electron chi connectivity index (χ0n) is 12.4. The van der Waals surface area contributed by atoms with E-state index in [1.54, 1.807) is 0 Å². The molecule has 1 N–H and O–H groups in total. The Bertz CT molecular complexity index is 1070. The topological polar surface area (TPSA) is 72.4 Å². The molecule has 4 aromatic rings. The van der Waals surface area contributed by atoms with Gasteiger partial charge in [-0.05, 0) is 40.2 Å². The SMILES string of the molecule is FC(F)(F)c1nnc2ccc(NCc3cn4cc(Br)ccc4n3)nn12. The standard InChI is InChI=1S/C14H9BrF3N7/c15-8-1-3-11-20-9(7-24(11)6-8)5-19-10-2-4-12-21-22-13(14(16,17)18)25(12)23-10/h1-4,6-7H,5H2,(H,19,23). The average Bonchev–Trinajstić information content (AvgIpc) is 3.14. The Morgan fingerprint density at radius 1 is 1.04 bits per heavy atom. The van der Waals surface area contributed by atoms with Crippen LogP contribution < -0.4 is 5.32 Å². The van der Waals surface area contributed by atoms with Gasteiger partial charge in [-0.2, -0.15) is 17.7 Å². The van der Waals surface area contributed by atoms with Gasteiger partial charge >= 0.3 is 6.18 Å². The van der Waals surface area contributed by atoms with Gasteiger partial charge in [0, 0.05) is 16.9 Å². The maximum absolute atomic E-state index is 12.9. The van der Waals surface area contributed by atoms with Crippen molar-refractivity contribution >= 4 is 33.0 Å². The van der Waals surface area contributed by atoms with Crippen LogP contribution in [0.4, 0.5) is 19.0 Å². The molecule has 0 amide bonds. The van der Waals surface area contributed by atoms with E-state index in [1.165, 1.54) is 12.1 Å². The number of imidazole rings is 1. The lowest BCUT2D eigenvalue weighted by atomic mass is 10.4. The van der Waals surface area contributed by atoms with Crippen molar-refractivity contribution in [3.63, 3.8) is 0 Å². The number of hydrogen-bond acceptors (Lipinski definition) is 5. The van der Waals surface area contributed by atoms with Gasteiger partial charge in [-0.25, -0.2) is 4.98 Å². The van der Waals surface area contributed by atoms with Gasteiger partial charge in [0.1, 0.15) is 11.5 Å². The van der Waals surface area contributed by atoms with Crippen molar-refractivity contribution in [2.75, 3.05) is 5.32 Å². The first-order valence-electron chi connectivity index (χ1n) is 7.07. The highest BCUT2D eigenvalue weighted by Gasteiger charge is 2.37. The third kappa shape index (κ3) is 3.02. The highest BCUT2D eigenvalue weighted by atomic mass is 79.9. The van der Waals surface area contributed by atoms with E-state index in [1.807, 2.05) is 28.9 Å². The number of nitrogens with one attached hydrogen (secondary N) is 1. The van der Waals surface area contributed by atoms with Crippen LogP contribution in [0.2, 0.25) is 0 Å². The van der Waals surface area contributed by atoms with Crippen LogP contribution in [0.1, 0.15) is 11.5 Å². The van der Waals surface area contributed by atoms with Gasteiger partial charge in [0.05, 0.1) is 12.2 Å². The molecule has 0 atom stereocenters. The van der Waals surface area contributed by atoms with Crippen molar-refractivity contribution in [1.82, 2.24) is 29.2 Å². The third-order valence-corrected chi connectivity index (χ3v) is 3.90. The summed E-state index contributed by atoms with van der Waals surface area (Å²) in [4.78, 5) is 4.42. The van der Waals surface area contributed by atoms with Gasteiger partial charge in [-0.15, -0.1) is 15.3 Å². The van der Waals surface area contributed by atoms with E-state index in [-0.39, 0.29) is 11.5 Å². The van der Waals surface area contributed by atoms with E-state index >= 15 is 0 Å². The van der Waals surface area contributed by atoms with Crippen LogP contribution in [-0.4, -0.2) is 29.2 Å². The first kappa shape index (κ1) is 15.8. The summed E-state index contributed by atoms with van der Waals surface area (Å²) in [6.07, 6.45) is -0.936. The third-order valence-electron chi connectivity index (χ3n) is 3.43. The van der Waals surface area contributed by atoms with E-state index in [2.05, 4.69) is 41.5 Å². The molecule has 25 heavy (non-hydrogen) atoms. The molecule has 0 saturated carbocycles. The average molecular weight is 412 g/mol. The van der Waals surface area contributed by atoms with Crippen molar-refractivity contribution in [2.24, 2.45) is 0 Å². The highest BCUT2D eigenvalue weighted by Crippen LogP contribution is 2.27. The quantitative estimate of drug-likeness (QED) is 0.560. The molecule has 0 aliphatic heterocycles. The maximum Gasteiger partial charge on any atom is 0.453 e. The Balaban J connectivity index is 1.59. The highest BCUT2D eigenvalue weighted by molar-refractivity contribution is 9.10. The van der Waals surface area contributed by atoms with Crippen molar-refractivity contribution in [3.8, 4) is 0 Å². The molecule has 4 rings (SSSR count). The molecule has 0 unspecified atom stereocenters. The molecule has 0 aromatic carbocycles. The summed E-state index contributed by atoms with van der Waals surface area (Å²) >= 11 is 3.38. The summed E-state index contributed by atoms with van der Waals surface area (Å²) in [5.74, 6) is -0.903. The van der Waals surface area contributed by atoms with Gasteiger partial charge < -0.3 is 9.72 Å². The summed E-state index contributed by atoms with van der Waals surface area (Å²) in [7, 11) is 0. The molecule has 4 aromatic heterocycles. The Morgan fingerprint density at radius 2 is 1.84 bits per heavy atom. The smallest absolute Gasteiger partial charge is 0.363 e. The molecule has 4 heterocycles. The number of hydrogen-bond donors (Lipinski definition) is 1. The molecule has 11 heteroatoms. The minimum absolute atomic E-state index is 0.0236. The molecule has 0 aliphatic carbocycles. The number of fused-ring (bicyclic) bond motifs is 2. The number of pyridine rings is 1. The molecule has 7 nitrogen and oxygen atoms in total. The maximum atomic E-state index is 12.9. The van der Waals surface area contributed by atoms with E-state index in [0.717, 1.165) is 15.8 Å². The van der Waals surface area contributed by atoms with Crippen molar-refractivity contribution in [2.45, 2.75) is 12.7 Å². The first-order valence-corrected chi connectivity index (χ1v) is 7.86. The van der Waals surface area contributed by atoms with Gasteiger partial charge in [0.25, 0.3) is 5.82 Å². The second-order valence-electron chi connectivity index (χ2n) is 5.21. The van der Waals surface area contributed by atoms with E-state index in [4.69, 9.17) is 0 Å². The molecular formula is C14H9BrF3N7. The lowest BCUT2D eigenvalue weighted by Crippen LogP contribution is -2.13. The van der Waals surface area contributed by atoms with Gasteiger partial charge in [-0.1, -0.05) is 0 Å². The van der Waals surface area contributed by atoms with Crippen LogP contribution in [0.15, 0.2) is 41.1 Å². The summed E-state index contributed by atoms with van der Waals surface area (Å²) in [6.45, 7) is 0.307. The Labute approximate surface area is 146 Å². The monoisotopic (exact) mass is 411 g/mol. The van der Waals surface area contributed by atoms with Gasteiger partial charge in [0.15, 0.2) is 5.65 Å². The summed E-state index contributed by atoms with van der Waals surface area (Å²) in [6, 6.07) is 6.68. The van der Waals surface area contributed by atoms with E-state index < -0.39 is 12.0 Å². The number of rotatable bonds is 3. The van der Waals surface area contributed by atoms with Gasteiger partial charge in [-0.3, -0.25) is 0 Å². The molecular weight excluding hydrogens is 403 g/mol. The second-order valence-corrected chi connectivity index (χ2v) is 6.12. The van der Waals surface area contributed by atoms with Crippen molar-refractivity contribution in [1.29, 1.82) is 0 Å². The number of anilines is 1. The minimum Gasteiger partial charge on any atom is -0.363 e. The molecule has 0 aliphatic rings. The van der Waals surface area contributed by atoms with Crippen LogP contribution >= 0.6 is 15.9 Å². The zero-order chi connectivity index (χ0) is 17.6. The zero-order valence-corrected chi connectivity index (χ0v) is 14.0. The van der Waals surface area contributed by atoms with E-state index in [9.17, 15) is 13.2 Å². The van der Waals surface area contributed by atoms with Crippen LogP contribution in [0.5, 0.6) is 0 Å². The normalized spacial score (nSPS) is 12.2. The number of aromatic nitrogens is 6. The summed E-state index contributed by atoms with van der Waals surface area (Å²) in [5, 5.41) is 13.5. The Kier molecular flexibility index (Phi) is 3.60. The molecule has 0 fully saturated rings. The van der Waals surface area contributed by atoms with Gasteiger partial charge in [0.2, 0.25) is 0 Å².